The Morgan fingerprint density at radius 3 is 2.50 bits per heavy atom. The van der Waals surface area contributed by atoms with Crippen LogP contribution in [0.3, 0.4) is 0 Å². The number of nitrogens with zero attached hydrogens (tertiary/aromatic N) is 1. The van der Waals surface area contributed by atoms with E-state index in [2.05, 4.69) is 5.32 Å². The van der Waals surface area contributed by atoms with Gasteiger partial charge in [0.1, 0.15) is 5.75 Å². The number of ether oxygens (including phenoxy) is 1. The summed E-state index contributed by atoms with van der Waals surface area (Å²) in [6.45, 7) is 1.20. The van der Waals surface area contributed by atoms with Gasteiger partial charge in [-0.1, -0.05) is 42.5 Å². The van der Waals surface area contributed by atoms with Gasteiger partial charge in [0.2, 0.25) is 10.0 Å². The van der Waals surface area contributed by atoms with E-state index in [1.54, 1.807) is 18.2 Å². The number of hydrogen-bond acceptors (Lipinski definition) is 4. The number of hydrogen-bond donors (Lipinski definition) is 1. The van der Waals surface area contributed by atoms with Gasteiger partial charge in [-0.3, -0.25) is 4.79 Å². The molecular weight excluding hydrogens is 376 g/mol. The van der Waals surface area contributed by atoms with Gasteiger partial charge in [-0.15, -0.1) is 0 Å². The Kier molecular flexibility index (Phi) is 6.05. The van der Waals surface area contributed by atoms with Crippen LogP contribution in [0, 0.1) is 0 Å². The first-order chi connectivity index (χ1) is 13.4. The molecule has 1 unspecified atom stereocenters. The molecule has 3 rings (SSSR count). The molecule has 1 aliphatic rings. The molecule has 0 aliphatic carbocycles. The van der Waals surface area contributed by atoms with Gasteiger partial charge >= 0.3 is 0 Å². The highest BCUT2D eigenvalue weighted by Gasteiger charge is 2.40. The van der Waals surface area contributed by atoms with Gasteiger partial charge in [0.15, 0.2) is 0 Å². The van der Waals surface area contributed by atoms with Crippen molar-refractivity contribution in [3.05, 3.63) is 65.7 Å². The van der Waals surface area contributed by atoms with Gasteiger partial charge in [-0.05, 0) is 30.5 Å². The monoisotopic (exact) mass is 402 g/mol. The third-order valence-corrected chi connectivity index (χ3v) is 6.59. The van der Waals surface area contributed by atoms with Crippen LogP contribution in [0.15, 0.2) is 54.6 Å². The van der Waals surface area contributed by atoms with E-state index in [1.165, 1.54) is 17.7 Å². The van der Waals surface area contributed by atoms with Crippen molar-refractivity contribution < 1.29 is 17.9 Å². The summed E-state index contributed by atoms with van der Waals surface area (Å²) in [6, 6.07) is 16.9. The van der Waals surface area contributed by atoms with Crippen LogP contribution in [-0.2, 0) is 15.4 Å². The smallest absolute Gasteiger partial charge is 0.255 e. The lowest BCUT2D eigenvalue weighted by Crippen LogP contribution is -2.53. The van der Waals surface area contributed by atoms with Crippen molar-refractivity contribution in [3.8, 4) is 5.75 Å². The molecule has 6 nitrogen and oxygen atoms in total. The van der Waals surface area contributed by atoms with Gasteiger partial charge < -0.3 is 10.1 Å². The number of methoxy groups -OCH3 is 1. The Bertz CT molecular complexity index is 930. The number of rotatable bonds is 6. The van der Waals surface area contributed by atoms with Crippen LogP contribution in [0.1, 0.15) is 28.8 Å². The minimum Gasteiger partial charge on any atom is -0.496 e. The first-order valence-electron chi connectivity index (χ1n) is 9.28. The van der Waals surface area contributed by atoms with Crippen molar-refractivity contribution in [3.63, 3.8) is 0 Å². The average Bonchev–Trinajstić information content (AvgIpc) is 2.72. The normalized spacial score (nSPS) is 20.5. The Labute approximate surface area is 166 Å². The van der Waals surface area contributed by atoms with E-state index >= 15 is 0 Å². The predicted molar refractivity (Wildman–Crippen MR) is 109 cm³/mol. The molecule has 1 fully saturated rings. The lowest BCUT2D eigenvalue weighted by atomic mass is 9.74. The van der Waals surface area contributed by atoms with Crippen LogP contribution in [-0.4, -0.2) is 51.6 Å². The highest BCUT2D eigenvalue weighted by Crippen LogP contribution is 2.34. The Hall–Kier alpha value is -2.38. The van der Waals surface area contributed by atoms with Crippen LogP contribution in [0.5, 0.6) is 5.75 Å². The first-order valence-corrected chi connectivity index (χ1v) is 11.1. The minimum atomic E-state index is -3.31. The van der Waals surface area contributed by atoms with E-state index in [9.17, 15) is 13.2 Å². The molecule has 0 bridgehead atoms. The van der Waals surface area contributed by atoms with E-state index in [0.717, 1.165) is 18.4 Å². The first kappa shape index (κ1) is 20.4. The molecule has 1 N–H and O–H groups in total. The molecule has 2 aromatic carbocycles. The fourth-order valence-electron chi connectivity index (χ4n) is 3.82. The third-order valence-electron chi connectivity index (χ3n) is 5.34. The Morgan fingerprint density at radius 1 is 1.14 bits per heavy atom. The maximum atomic E-state index is 12.8. The molecule has 1 atom stereocenters. The number of amides is 1. The fraction of sp³-hybridized carbons (Fsp3) is 0.381. The summed E-state index contributed by atoms with van der Waals surface area (Å²) >= 11 is 0. The summed E-state index contributed by atoms with van der Waals surface area (Å²) in [6.07, 6.45) is 2.78. The van der Waals surface area contributed by atoms with Crippen molar-refractivity contribution in [1.82, 2.24) is 9.62 Å². The number of carbonyl (C=O) groups is 1. The second-order valence-corrected chi connectivity index (χ2v) is 9.21. The van der Waals surface area contributed by atoms with Crippen molar-refractivity contribution >= 4 is 15.9 Å². The zero-order chi connectivity index (χ0) is 20.2. The number of para-hydroxylation sites is 1. The molecule has 0 aromatic heterocycles. The standard InChI is InChI=1S/C21H26N2O4S/c1-27-19-12-7-6-11-18(19)20(24)22-15-21(17-9-4-3-5-10-17)13-8-14-23(16-21)28(2,25)26/h3-7,9-12H,8,13-16H2,1-2H3,(H,22,24). The molecule has 2 aromatic rings. The van der Waals surface area contributed by atoms with E-state index < -0.39 is 15.4 Å². The second-order valence-electron chi connectivity index (χ2n) is 7.23. The second kappa shape index (κ2) is 8.32. The molecule has 1 heterocycles. The van der Waals surface area contributed by atoms with Crippen LogP contribution in [0.4, 0.5) is 0 Å². The summed E-state index contributed by atoms with van der Waals surface area (Å²) in [5.41, 5.74) is 1.02. The van der Waals surface area contributed by atoms with Crippen LogP contribution >= 0.6 is 0 Å². The van der Waals surface area contributed by atoms with E-state index in [1.807, 2.05) is 36.4 Å². The summed E-state index contributed by atoms with van der Waals surface area (Å²) in [4.78, 5) is 12.8. The summed E-state index contributed by atoms with van der Waals surface area (Å²) in [5, 5.41) is 3.01. The number of sulfonamides is 1. The quantitative estimate of drug-likeness (QED) is 0.805. The van der Waals surface area contributed by atoms with E-state index in [4.69, 9.17) is 4.74 Å². The van der Waals surface area contributed by atoms with E-state index in [-0.39, 0.29) is 5.91 Å². The van der Waals surface area contributed by atoms with E-state index in [0.29, 0.717) is 30.9 Å². The fourth-order valence-corrected chi connectivity index (χ4v) is 4.77. The number of piperidine rings is 1. The molecule has 28 heavy (non-hydrogen) atoms. The molecule has 0 spiro atoms. The van der Waals surface area contributed by atoms with Crippen molar-refractivity contribution in [2.75, 3.05) is 33.0 Å². The van der Waals surface area contributed by atoms with Crippen LogP contribution < -0.4 is 10.1 Å². The number of benzene rings is 2. The molecule has 0 saturated carbocycles. The molecule has 1 aliphatic heterocycles. The molecule has 1 amide bonds. The maximum Gasteiger partial charge on any atom is 0.255 e. The van der Waals surface area contributed by atoms with Gasteiger partial charge in [0, 0.05) is 25.0 Å². The SMILES string of the molecule is COc1ccccc1C(=O)NCC1(c2ccccc2)CCCN(S(C)(=O)=O)C1. The molecule has 1 saturated heterocycles. The van der Waals surface area contributed by atoms with Gasteiger partial charge in [-0.25, -0.2) is 12.7 Å². The predicted octanol–water partition coefficient (Wildman–Crippen LogP) is 2.42. The lowest BCUT2D eigenvalue weighted by Gasteiger charge is -2.42. The molecular formula is C21H26N2O4S. The summed E-state index contributed by atoms with van der Waals surface area (Å²) < 4.78 is 31.1. The van der Waals surface area contributed by atoms with Crippen LogP contribution in [0.2, 0.25) is 0 Å². The van der Waals surface area contributed by atoms with Gasteiger partial charge in [0.05, 0.1) is 18.9 Å². The van der Waals surface area contributed by atoms with Crippen molar-refractivity contribution in [1.29, 1.82) is 0 Å². The maximum absolute atomic E-state index is 12.8. The summed E-state index contributed by atoms with van der Waals surface area (Å²) in [7, 11) is -1.78. The van der Waals surface area contributed by atoms with Crippen molar-refractivity contribution in [2.45, 2.75) is 18.3 Å². The average molecular weight is 403 g/mol. The summed E-state index contributed by atoms with van der Waals surface area (Å²) in [5.74, 6) is 0.277. The highest BCUT2D eigenvalue weighted by atomic mass is 32.2. The zero-order valence-electron chi connectivity index (χ0n) is 16.2. The molecule has 7 heteroatoms. The van der Waals surface area contributed by atoms with Gasteiger partial charge in [0.25, 0.3) is 5.91 Å². The molecule has 0 radical (unpaired) electrons. The largest absolute Gasteiger partial charge is 0.496 e. The van der Waals surface area contributed by atoms with Crippen molar-refractivity contribution in [2.24, 2.45) is 0 Å². The topological polar surface area (TPSA) is 75.7 Å². The Morgan fingerprint density at radius 2 is 1.82 bits per heavy atom. The molecule has 150 valence electrons. The zero-order valence-corrected chi connectivity index (χ0v) is 17.0. The lowest BCUT2D eigenvalue weighted by molar-refractivity contribution is 0.0929. The van der Waals surface area contributed by atoms with Gasteiger partial charge in [-0.2, -0.15) is 0 Å². The van der Waals surface area contributed by atoms with Crippen LogP contribution in [0.25, 0.3) is 0 Å². The number of nitrogens with one attached hydrogen (secondary N) is 1. The number of carbonyl (C=O) groups excluding carboxylic acids is 1. The Balaban J connectivity index is 1.87. The highest BCUT2D eigenvalue weighted by molar-refractivity contribution is 7.88. The minimum absolute atomic E-state index is 0.232. The third kappa shape index (κ3) is 4.36.